The molecule has 1 N–H and O–H groups in total. The summed E-state index contributed by atoms with van der Waals surface area (Å²) in [7, 11) is 0. The molecule has 5 heteroatoms. The average Bonchev–Trinajstić information content (AvgIpc) is 2.28. The minimum Gasteiger partial charge on any atom is -0.507 e. The van der Waals surface area contributed by atoms with Gasteiger partial charge in [0.2, 0.25) is 0 Å². The molecule has 94 valence electrons. The highest BCUT2D eigenvalue weighted by molar-refractivity contribution is 5.73. The molecule has 0 spiro atoms. The molecule has 0 atom stereocenters. The van der Waals surface area contributed by atoms with E-state index in [0.29, 0.717) is 0 Å². The van der Waals surface area contributed by atoms with Crippen molar-refractivity contribution in [3.8, 4) is 16.9 Å². The Morgan fingerprint density at radius 2 is 1.56 bits per heavy atom. The fourth-order valence-corrected chi connectivity index (χ4v) is 1.70. The highest BCUT2D eigenvalue weighted by Crippen LogP contribution is 2.39. The third kappa shape index (κ3) is 2.30. The maximum atomic E-state index is 12.8. The van der Waals surface area contributed by atoms with Crippen LogP contribution in [0.4, 0.5) is 17.6 Å². The van der Waals surface area contributed by atoms with E-state index in [9.17, 15) is 22.7 Å². The summed E-state index contributed by atoms with van der Waals surface area (Å²) in [5, 5.41) is 9.53. The van der Waals surface area contributed by atoms with Crippen molar-refractivity contribution in [2.45, 2.75) is 6.18 Å². The maximum Gasteiger partial charge on any atom is 0.417 e. The number of benzene rings is 2. The van der Waals surface area contributed by atoms with E-state index in [-0.39, 0.29) is 11.1 Å². The number of phenols is 1. The van der Waals surface area contributed by atoms with Crippen LogP contribution >= 0.6 is 0 Å². The molecule has 18 heavy (non-hydrogen) atoms. The van der Waals surface area contributed by atoms with Gasteiger partial charge in [0.05, 0.1) is 5.56 Å². The van der Waals surface area contributed by atoms with Gasteiger partial charge in [-0.15, -0.1) is 0 Å². The molecule has 0 saturated carbocycles. The van der Waals surface area contributed by atoms with Crippen LogP contribution < -0.4 is 0 Å². The molecule has 0 aliphatic rings. The number of phenolic OH excluding ortho intramolecular Hbond substituents is 1. The largest absolute Gasteiger partial charge is 0.507 e. The van der Waals surface area contributed by atoms with Crippen LogP contribution in [0.1, 0.15) is 5.56 Å². The Labute approximate surface area is 100 Å². The average molecular weight is 256 g/mol. The first-order valence-electron chi connectivity index (χ1n) is 5.04. The normalized spacial score (nSPS) is 11.6. The minimum atomic E-state index is -4.53. The molecule has 0 saturated heterocycles. The minimum absolute atomic E-state index is 0.0516. The van der Waals surface area contributed by atoms with Crippen molar-refractivity contribution in [1.29, 1.82) is 0 Å². The van der Waals surface area contributed by atoms with E-state index in [0.717, 1.165) is 24.3 Å². The molecule has 0 aromatic heterocycles. The summed E-state index contributed by atoms with van der Waals surface area (Å²) in [6.07, 6.45) is -4.53. The van der Waals surface area contributed by atoms with Crippen LogP contribution in [0, 0.1) is 5.82 Å². The molecule has 0 heterocycles. The van der Waals surface area contributed by atoms with Crippen LogP contribution in [0.15, 0.2) is 42.5 Å². The van der Waals surface area contributed by atoms with E-state index in [1.165, 1.54) is 18.2 Å². The van der Waals surface area contributed by atoms with E-state index in [4.69, 9.17) is 0 Å². The predicted octanol–water partition coefficient (Wildman–Crippen LogP) is 4.22. The van der Waals surface area contributed by atoms with Crippen molar-refractivity contribution in [1.82, 2.24) is 0 Å². The van der Waals surface area contributed by atoms with E-state index in [2.05, 4.69) is 0 Å². The third-order valence-corrected chi connectivity index (χ3v) is 2.48. The summed E-state index contributed by atoms with van der Waals surface area (Å²) in [5.74, 6) is -1.23. The number of rotatable bonds is 1. The second-order valence-electron chi connectivity index (χ2n) is 3.70. The molecule has 1 nitrogen and oxygen atoms in total. The van der Waals surface area contributed by atoms with Gasteiger partial charge in [-0.1, -0.05) is 18.2 Å². The lowest BCUT2D eigenvalue weighted by molar-refractivity contribution is -0.137. The van der Waals surface area contributed by atoms with E-state index < -0.39 is 23.3 Å². The van der Waals surface area contributed by atoms with Gasteiger partial charge in [-0.25, -0.2) is 4.39 Å². The summed E-state index contributed by atoms with van der Waals surface area (Å²) in [6, 6.07) is 7.73. The molecule has 2 rings (SSSR count). The Bertz CT molecular complexity index is 575. The van der Waals surface area contributed by atoms with Crippen LogP contribution in [-0.4, -0.2) is 5.11 Å². The zero-order valence-corrected chi connectivity index (χ0v) is 9.00. The SMILES string of the molecule is Oc1cc(F)ccc1-c1ccccc1C(F)(F)F. The highest BCUT2D eigenvalue weighted by atomic mass is 19.4. The van der Waals surface area contributed by atoms with Crippen LogP contribution in [0.25, 0.3) is 11.1 Å². The molecule has 0 aliphatic heterocycles. The smallest absolute Gasteiger partial charge is 0.417 e. The van der Waals surface area contributed by atoms with Gasteiger partial charge in [0.25, 0.3) is 0 Å². The number of hydrogen-bond acceptors (Lipinski definition) is 1. The first kappa shape index (κ1) is 12.4. The van der Waals surface area contributed by atoms with Gasteiger partial charge >= 0.3 is 6.18 Å². The van der Waals surface area contributed by atoms with Gasteiger partial charge in [-0.3, -0.25) is 0 Å². The van der Waals surface area contributed by atoms with Gasteiger partial charge in [0.1, 0.15) is 11.6 Å². The Morgan fingerprint density at radius 1 is 0.889 bits per heavy atom. The van der Waals surface area contributed by atoms with Gasteiger partial charge < -0.3 is 5.11 Å². The van der Waals surface area contributed by atoms with E-state index in [1.54, 1.807) is 0 Å². The van der Waals surface area contributed by atoms with Gasteiger partial charge in [0, 0.05) is 11.6 Å². The van der Waals surface area contributed by atoms with Gasteiger partial charge in [-0.05, 0) is 23.8 Å². The summed E-state index contributed by atoms with van der Waals surface area (Å²) in [4.78, 5) is 0. The summed E-state index contributed by atoms with van der Waals surface area (Å²) in [6.45, 7) is 0. The van der Waals surface area contributed by atoms with Crippen molar-refractivity contribution >= 4 is 0 Å². The molecule has 0 bridgehead atoms. The third-order valence-electron chi connectivity index (χ3n) is 2.48. The van der Waals surface area contributed by atoms with Gasteiger partial charge in [0.15, 0.2) is 0 Å². The Balaban J connectivity index is 2.64. The monoisotopic (exact) mass is 256 g/mol. The van der Waals surface area contributed by atoms with Gasteiger partial charge in [-0.2, -0.15) is 13.2 Å². The summed E-state index contributed by atoms with van der Waals surface area (Å²) < 4.78 is 51.2. The maximum absolute atomic E-state index is 12.8. The lowest BCUT2D eigenvalue weighted by Crippen LogP contribution is -2.06. The molecule has 0 radical (unpaired) electrons. The first-order valence-corrected chi connectivity index (χ1v) is 5.04. The lowest BCUT2D eigenvalue weighted by atomic mass is 9.98. The molecule has 2 aromatic rings. The quantitative estimate of drug-likeness (QED) is 0.757. The second kappa shape index (κ2) is 4.33. The fourth-order valence-electron chi connectivity index (χ4n) is 1.70. The summed E-state index contributed by atoms with van der Waals surface area (Å²) >= 11 is 0. The highest BCUT2D eigenvalue weighted by Gasteiger charge is 2.33. The predicted molar refractivity (Wildman–Crippen MR) is 58.5 cm³/mol. The zero-order chi connectivity index (χ0) is 13.3. The Hall–Kier alpha value is -2.04. The van der Waals surface area contributed by atoms with Crippen LogP contribution in [-0.2, 0) is 6.18 Å². The first-order chi connectivity index (χ1) is 8.39. The fraction of sp³-hybridized carbons (Fsp3) is 0.0769. The van der Waals surface area contributed by atoms with Crippen molar-refractivity contribution in [2.24, 2.45) is 0 Å². The molecule has 0 unspecified atom stereocenters. The lowest BCUT2D eigenvalue weighted by Gasteiger charge is -2.13. The summed E-state index contributed by atoms with van der Waals surface area (Å²) in [5.41, 5.74) is -1.10. The molecular weight excluding hydrogens is 248 g/mol. The standard InChI is InChI=1S/C13H8F4O/c14-8-5-6-10(12(18)7-8)9-3-1-2-4-11(9)13(15,16)17/h1-7,18H. The Kier molecular flexibility index (Phi) is 2.98. The number of halogens is 4. The molecule has 0 fully saturated rings. The zero-order valence-electron chi connectivity index (χ0n) is 9.00. The molecular formula is C13H8F4O. The van der Waals surface area contributed by atoms with E-state index >= 15 is 0 Å². The number of hydrogen-bond donors (Lipinski definition) is 1. The van der Waals surface area contributed by atoms with Crippen molar-refractivity contribution in [2.75, 3.05) is 0 Å². The molecule has 0 aliphatic carbocycles. The van der Waals surface area contributed by atoms with E-state index in [1.807, 2.05) is 0 Å². The Morgan fingerprint density at radius 3 is 2.17 bits per heavy atom. The number of alkyl halides is 3. The van der Waals surface area contributed by atoms with Crippen LogP contribution in [0.3, 0.4) is 0 Å². The second-order valence-corrected chi connectivity index (χ2v) is 3.70. The van der Waals surface area contributed by atoms with Crippen molar-refractivity contribution < 1.29 is 22.7 Å². The molecule has 2 aromatic carbocycles. The van der Waals surface area contributed by atoms with Crippen LogP contribution in [0.5, 0.6) is 5.75 Å². The topological polar surface area (TPSA) is 20.2 Å². The van der Waals surface area contributed by atoms with Crippen molar-refractivity contribution in [3.63, 3.8) is 0 Å². The van der Waals surface area contributed by atoms with Crippen LogP contribution in [0.2, 0.25) is 0 Å². The number of aromatic hydroxyl groups is 1. The van der Waals surface area contributed by atoms with Crippen molar-refractivity contribution in [3.05, 3.63) is 53.8 Å². The molecule has 0 amide bonds.